The van der Waals surface area contributed by atoms with E-state index in [1.165, 1.54) is 5.69 Å². The van der Waals surface area contributed by atoms with Crippen LogP contribution in [-0.4, -0.2) is 26.0 Å². The fourth-order valence-corrected chi connectivity index (χ4v) is 2.80. The summed E-state index contributed by atoms with van der Waals surface area (Å²) >= 11 is 0. The normalized spacial score (nSPS) is 9.89. The molecule has 0 unspecified atom stereocenters. The molecule has 140 valence electrons. The van der Waals surface area contributed by atoms with Crippen molar-refractivity contribution in [1.82, 2.24) is 5.32 Å². The third-order valence-corrected chi connectivity index (χ3v) is 4.42. The summed E-state index contributed by atoms with van der Waals surface area (Å²) in [4.78, 5) is 14.5. The quantitative estimate of drug-likeness (QED) is 0.518. The average Bonchev–Trinajstić information content (AvgIpc) is 2.76. The van der Waals surface area contributed by atoms with Crippen molar-refractivity contribution in [2.24, 2.45) is 0 Å². The standard InChI is InChI=1S/C25H24N2O/c1-27(24-11-6-3-7-12-24)20-8-19-26-25(28)23-17-15-22(16-18-23)14-13-21-9-4-2-5-10-21/h2-7,9-12,15-18H,8,19-20H2,1H3,(H,26,28). The Labute approximate surface area is 167 Å². The maximum atomic E-state index is 12.3. The lowest BCUT2D eigenvalue weighted by Crippen LogP contribution is -2.28. The molecule has 0 aliphatic rings. The molecule has 3 rings (SSSR count). The topological polar surface area (TPSA) is 32.3 Å². The van der Waals surface area contributed by atoms with Gasteiger partial charge < -0.3 is 10.2 Å². The van der Waals surface area contributed by atoms with Crippen molar-refractivity contribution in [2.45, 2.75) is 6.42 Å². The van der Waals surface area contributed by atoms with E-state index in [0.717, 1.165) is 24.1 Å². The number of nitrogens with zero attached hydrogens (tertiary/aromatic N) is 1. The first kappa shape index (κ1) is 19.3. The van der Waals surface area contributed by atoms with Gasteiger partial charge in [-0.2, -0.15) is 0 Å². The van der Waals surface area contributed by atoms with Crippen LogP contribution in [0.1, 0.15) is 27.9 Å². The summed E-state index contributed by atoms with van der Waals surface area (Å²) < 4.78 is 0. The SMILES string of the molecule is CN(CCCNC(=O)c1ccc(C#Cc2ccccc2)cc1)c1ccccc1. The Morgan fingerprint density at radius 2 is 1.39 bits per heavy atom. The van der Waals surface area contributed by atoms with Gasteiger partial charge in [-0.05, 0) is 55.0 Å². The molecule has 0 spiro atoms. The Kier molecular flexibility index (Phi) is 6.87. The molecule has 1 N–H and O–H groups in total. The van der Waals surface area contributed by atoms with E-state index >= 15 is 0 Å². The van der Waals surface area contributed by atoms with Crippen molar-refractivity contribution in [1.29, 1.82) is 0 Å². The van der Waals surface area contributed by atoms with Gasteiger partial charge in [0.25, 0.3) is 5.91 Å². The van der Waals surface area contributed by atoms with Crippen LogP contribution >= 0.6 is 0 Å². The number of amides is 1. The zero-order valence-electron chi connectivity index (χ0n) is 16.1. The van der Waals surface area contributed by atoms with Crippen molar-refractivity contribution in [3.8, 4) is 11.8 Å². The van der Waals surface area contributed by atoms with Crippen molar-refractivity contribution in [2.75, 3.05) is 25.0 Å². The molecule has 0 radical (unpaired) electrons. The number of rotatable bonds is 6. The van der Waals surface area contributed by atoms with E-state index in [2.05, 4.69) is 41.2 Å². The molecule has 3 aromatic rings. The Balaban J connectivity index is 1.45. The van der Waals surface area contributed by atoms with E-state index < -0.39 is 0 Å². The summed E-state index contributed by atoms with van der Waals surface area (Å²) in [5.74, 6) is 6.19. The molecule has 3 heteroatoms. The molecule has 1 amide bonds. The zero-order valence-corrected chi connectivity index (χ0v) is 16.1. The number of nitrogens with one attached hydrogen (secondary N) is 1. The van der Waals surface area contributed by atoms with Crippen LogP contribution in [0.4, 0.5) is 5.69 Å². The lowest BCUT2D eigenvalue weighted by Gasteiger charge is -2.19. The molecular formula is C25H24N2O. The third kappa shape index (κ3) is 5.75. The van der Waals surface area contributed by atoms with Gasteiger partial charge in [0.2, 0.25) is 0 Å². The third-order valence-electron chi connectivity index (χ3n) is 4.42. The van der Waals surface area contributed by atoms with Gasteiger partial charge in [-0.1, -0.05) is 48.2 Å². The largest absolute Gasteiger partial charge is 0.375 e. The molecule has 0 aliphatic carbocycles. The van der Waals surface area contributed by atoms with Crippen LogP contribution < -0.4 is 10.2 Å². The summed E-state index contributed by atoms with van der Waals surface area (Å²) in [6, 6.07) is 27.5. The minimum Gasteiger partial charge on any atom is -0.375 e. The second kappa shape index (κ2) is 9.99. The van der Waals surface area contributed by atoms with Crippen molar-refractivity contribution < 1.29 is 4.79 Å². The maximum absolute atomic E-state index is 12.3. The van der Waals surface area contributed by atoms with E-state index in [1.54, 1.807) is 0 Å². The number of hydrogen-bond acceptors (Lipinski definition) is 2. The predicted octanol–water partition coefficient (Wildman–Crippen LogP) is 4.34. The summed E-state index contributed by atoms with van der Waals surface area (Å²) in [6.45, 7) is 1.53. The molecule has 0 saturated carbocycles. The van der Waals surface area contributed by atoms with E-state index in [-0.39, 0.29) is 5.91 Å². The molecule has 0 atom stereocenters. The van der Waals surface area contributed by atoms with Crippen molar-refractivity contribution in [3.63, 3.8) is 0 Å². The summed E-state index contributed by atoms with van der Waals surface area (Å²) in [5.41, 5.74) is 3.71. The van der Waals surface area contributed by atoms with Crippen LogP contribution in [0.2, 0.25) is 0 Å². The number of carbonyl (C=O) groups excluding carboxylic acids is 1. The summed E-state index contributed by atoms with van der Waals surface area (Å²) in [6.07, 6.45) is 0.887. The summed E-state index contributed by atoms with van der Waals surface area (Å²) in [7, 11) is 2.06. The molecular weight excluding hydrogens is 344 g/mol. The van der Waals surface area contributed by atoms with Gasteiger partial charge in [0.15, 0.2) is 0 Å². The van der Waals surface area contributed by atoms with Gasteiger partial charge >= 0.3 is 0 Å². The highest BCUT2D eigenvalue weighted by atomic mass is 16.1. The number of para-hydroxylation sites is 1. The Hall–Kier alpha value is -3.51. The molecule has 0 heterocycles. The minimum absolute atomic E-state index is 0.0510. The zero-order chi connectivity index (χ0) is 19.6. The molecule has 0 fully saturated rings. The number of anilines is 1. The highest BCUT2D eigenvalue weighted by molar-refractivity contribution is 5.94. The molecule has 3 aromatic carbocycles. The van der Waals surface area contributed by atoms with Gasteiger partial charge in [-0.3, -0.25) is 4.79 Å². The first-order valence-corrected chi connectivity index (χ1v) is 9.44. The lowest BCUT2D eigenvalue weighted by molar-refractivity contribution is 0.0953. The second-order valence-corrected chi connectivity index (χ2v) is 6.56. The van der Waals surface area contributed by atoms with E-state index in [0.29, 0.717) is 12.1 Å². The molecule has 0 aromatic heterocycles. The van der Waals surface area contributed by atoms with Gasteiger partial charge in [-0.25, -0.2) is 0 Å². The summed E-state index contributed by atoms with van der Waals surface area (Å²) in [5, 5.41) is 2.98. The van der Waals surface area contributed by atoms with Crippen LogP contribution in [0.5, 0.6) is 0 Å². The van der Waals surface area contributed by atoms with Crippen LogP contribution in [0.25, 0.3) is 0 Å². The van der Waals surface area contributed by atoms with Gasteiger partial charge in [0.1, 0.15) is 0 Å². The van der Waals surface area contributed by atoms with Crippen LogP contribution in [0.3, 0.4) is 0 Å². The molecule has 28 heavy (non-hydrogen) atoms. The number of hydrogen-bond donors (Lipinski definition) is 1. The van der Waals surface area contributed by atoms with Crippen LogP contribution in [0.15, 0.2) is 84.9 Å². The van der Waals surface area contributed by atoms with Gasteiger partial charge in [0.05, 0.1) is 0 Å². The molecule has 3 nitrogen and oxygen atoms in total. The van der Waals surface area contributed by atoms with Crippen molar-refractivity contribution in [3.05, 3.63) is 102 Å². The van der Waals surface area contributed by atoms with E-state index in [1.807, 2.05) is 72.8 Å². The number of carbonyl (C=O) groups is 1. The fraction of sp³-hybridized carbons (Fsp3) is 0.160. The molecule has 0 bridgehead atoms. The van der Waals surface area contributed by atoms with E-state index in [4.69, 9.17) is 0 Å². The molecule has 0 saturated heterocycles. The highest BCUT2D eigenvalue weighted by Crippen LogP contribution is 2.10. The first-order chi connectivity index (χ1) is 13.7. The Bertz CT molecular complexity index is 939. The maximum Gasteiger partial charge on any atom is 0.251 e. The molecule has 0 aliphatic heterocycles. The first-order valence-electron chi connectivity index (χ1n) is 9.44. The van der Waals surface area contributed by atoms with Crippen LogP contribution in [0, 0.1) is 11.8 Å². The lowest BCUT2D eigenvalue weighted by atomic mass is 10.1. The Morgan fingerprint density at radius 1 is 0.821 bits per heavy atom. The predicted molar refractivity (Wildman–Crippen MR) is 116 cm³/mol. The van der Waals surface area contributed by atoms with Crippen molar-refractivity contribution >= 4 is 11.6 Å². The Morgan fingerprint density at radius 3 is 2.04 bits per heavy atom. The average molecular weight is 368 g/mol. The number of benzene rings is 3. The van der Waals surface area contributed by atoms with E-state index in [9.17, 15) is 4.79 Å². The fourth-order valence-electron chi connectivity index (χ4n) is 2.80. The highest BCUT2D eigenvalue weighted by Gasteiger charge is 2.05. The van der Waals surface area contributed by atoms with Gasteiger partial charge in [0, 0.05) is 42.5 Å². The minimum atomic E-state index is -0.0510. The van der Waals surface area contributed by atoms with Crippen LogP contribution in [-0.2, 0) is 0 Å². The smallest absolute Gasteiger partial charge is 0.251 e. The van der Waals surface area contributed by atoms with Gasteiger partial charge in [-0.15, -0.1) is 0 Å². The monoisotopic (exact) mass is 368 g/mol. The second-order valence-electron chi connectivity index (χ2n) is 6.56.